The Balaban J connectivity index is 1.67. The Bertz CT molecular complexity index is 1670. The van der Waals surface area contributed by atoms with Crippen LogP contribution >= 0.6 is 11.6 Å². The van der Waals surface area contributed by atoms with Crippen LogP contribution in [0.5, 0.6) is 5.75 Å². The van der Waals surface area contributed by atoms with Gasteiger partial charge in [0.1, 0.15) is 34.6 Å². The molecule has 1 unspecified atom stereocenters. The molecule has 1 aromatic heterocycles. The smallest absolute Gasteiger partial charge is 0.271 e. The number of nitrogens with zero attached hydrogens (tertiary/aromatic N) is 5. The summed E-state index contributed by atoms with van der Waals surface area (Å²) >= 11 is 6.39. The second-order valence-electron chi connectivity index (χ2n) is 9.72. The van der Waals surface area contributed by atoms with Crippen LogP contribution in [0.15, 0.2) is 48.9 Å². The average Bonchev–Trinajstić information content (AvgIpc) is 3.49. The molecule has 0 saturated carbocycles. The van der Waals surface area contributed by atoms with Crippen molar-refractivity contribution < 1.29 is 22.3 Å². The third-order valence-corrected chi connectivity index (χ3v) is 7.53. The lowest BCUT2D eigenvalue weighted by Crippen LogP contribution is -2.18. The molecule has 3 aromatic rings. The Kier molecular flexibility index (Phi) is 7.08. The van der Waals surface area contributed by atoms with Gasteiger partial charge in [-0.3, -0.25) is 4.57 Å². The quantitative estimate of drug-likeness (QED) is 0.186. The second-order valence-corrected chi connectivity index (χ2v) is 10.1. The van der Waals surface area contributed by atoms with Crippen LogP contribution in [0.2, 0.25) is 5.15 Å². The molecule has 0 saturated heterocycles. The van der Waals surface area contributed by atoms with Crippen molar-refractivity contribution in [2.75, 3.05) is 7.11 Å². The van der Waals surface area contributed by atoms with Gasteiger partial charge >= 0.3 is 0 Å². The number of aromatic nitrogens is 5. The Morgan fingerprint density at radius 3 is 2.33 bits per heavy atom. The summed E-state index contributed by atoms with van der Waals surface area (Å²) in [7, 11) is 1.50. The molecule has 5 rings (SSSR count). The first-order chi connectivity index (χ1) is 18.9. The lowest BCUT2D eigenvalue weighted by molar-refractivity contribution is 0.0167. The highest BCUT2D eigenvalue weighted by Gasteiger charge is 2.31. The van der Waals surface area contributed by atoms with Crippen LogP contribution < -0.4 is 4.74 Å². The summed E-state index contributed by atoms with van der Waals surface area (Å²) in [5, 5.41) is 9.10. The molecule has 0 aliphatic carbocycles. The minimum absolute atomic E-state index is 0.109. The van der Waals surface area contributed by atoms with Gasteiger partial charge in [0.2, 0.25) is 0 Å². The molecule has 2 aliphatic rings. The van der Waals surface area contributed by atoms with E-state index in [4.69, 9.17) is 16.3 Å². The molecule has 2 aromatic carbocycles. The van der Waals surface area contributed by atoms with E-state index in [1.807, 2.05) is 0 Å². The zero-order chi connectivity index (χ0) is 28.9. The Morgan fingerprint density at radius 1 is 1.05 bits per heavy atom. The van der Waals surface area contributed by atoms with E-state index in [1.54, 1.807) is 42.9 Å². The summed E-state index contributed by atoms with van der Waals surface area (Å²) in [6.07, 6.45) is 3.21. The van der Waals surface area contributed by atoms with Crippen molar-refractivity contribution in [3.05, 3.63) is 88.1 Å². The van der Waals surface area contributed by atoms with Crippen molar-refractivity contribution in [3.63, 3.8) is 0 Å². The number of imidazole rings is 1. The molecule has 6 nitrogen and oxygen atoms in total. The molecule has 0 bridgehead atoms. The van der Waals surface area contributed by atoms with Gasteiger partial charge in [0.15, 0.2) is 5.82 Å². The molecule has 2 aliphatic heterocycles. The number of rotatable bonds is 7. The first-order valence-electron chi connectivity index (χ1n) is 12.5. The Labute approximate surface area is 233 Å². The van der Waals surface area contributed by atoms with Gasteiger partial charge in [-0.05, 0) is 56.2 Å². The molecule has 0 spiro atoms. The lowest BCUT2D eigenvalue weighted by atomic mass is 9.98. The molecule has 3 heterocycles. The SMILES string of the molecule is CCC(c1cc(F)c(C)c(F)c1)n1cc(C(C)(F)F)cc2c(-c3ccc(-n4cnc(C)c4Cl)c(OC)c3)nnc1-2. The average molecular weight is 572 g/mol. The van der Waals surface area contributed by atoms with Gasteiger partial charge in [-0.2, -0.15) is 0 Å². The van der Waals surface area contributed by atoms with E-state index in [0.29, 0.717) is 56.9 Å². The number of pyridine rings is 1. The number of fused-ring (bicyclic) bond motifs is 1. The molecule has 0 N–H and O–H groups in total. The van der Waals surface area contributed by atoms with Crippen LogP contribution in [0, 0.1) is 25.5 Å². The Morgan fingerprint density at radius 2 is 1.75 bits per heavy atom. The maximum Gasteiger partial charge on any atom is 0.271 e. The number of benzene rings is 2. The van der Waals surface area contributed by atoms with Gasteiger partial charge in [0, 0.05) is 35.4 Å². The lowest BCUT2D eigenvalue weighted by Gasteiger charge is -2.25. The first-order valence-corrected chi connectivity index (χ1v) is 12.9. The fourth-order valence-corrected chi connectivity index (χ4v) is 4.98. The van der Waals surface area contributed by atoms with E-state index in [9.17, 15) is 17.6 Å². The summed E-state index contributed by atoms with van der Waals surface area (Å²) in [5.74, 6) is -3.87. The highest BCUT2D eigenvalue weighted by atomic mass is 35.5. The number of methoxy groups -OCH3 is 1. The van der Waals surface area contributed by atoms with E-state index < -0.39 is 23.6 Å². The fourth-order valence-electron chi connectivity index (χ4n) is 4.79. The number of aryl methyl sites for hydroxylation is 1. The normalized spacial score (nSPS) is 12.8. The molecule has 11 heteroatoms. The summed E-state index contributed by atoms with van der Waals surface area (Å²) in [5.41, 5.74) is 2.46. The molecule has 0 fully saturated rings. The minimum Gasteiger partial charge on any atom is -0.495 e. The number of alkyl halides is 2. The van der Waals surface area contributed by atoms with Crippen molar-refractivity contribution >= 4 is 11.6 Å². The molecule has 40 heavy (non-hydrogen) atoms. The monoisotopic (exact) mass is 571 g/mol. The van der Waals surface area contributed by atoms with Crippen LogP contribution in [-0.4, -0.2) is 31.4 Å². The van der Waals surface area contributed by atoms with Crippen molar-refractivity contribution in [2.45, 2.75) is 46.1 Å². The van der Waals surface area contributed by atoms with E-state index >= 15 is 0 Å². The summed E-state index contributed by atoms with van der Waals surface area (Å²) < 4.78 is 67.3. The zero-order valence-corrected chi connectivity index (χ0v) is 23.2. The molecule has 0 amide bonds. The van der Waals surface area contributed by atoms with Crippen molar-refractivity contribution in [3.8, 4) is 34.1 Å². The predicted molar refractivity (Wildman–Crippen MR) is 145 cm³/mol. The molecule has 0 radical (unpaired) electrons. The number of halogens is 5. The van der Waals surface area contributed by atoms with Gasteiger partial charge in [-0.15, -0.1) is 10.2 Å². The van der Waals surface area contributed by atoms with Gasteiger partial charge in [0.25, 0.3) is 5.92 Å². The van der Waals surface area contributed by atoms with Crippen LogP contribution in [0.4, 0.5) is 17.6 Å². The largest absolute Gasteiger partial charge is 0.495 e. The first kappa shape index (κ1) is 27.6. The minimum atomic E-state index is -3.20. The third-order valence-electron chi connectivity index (χ3n) is 7.07. The highest BCUT2D eigenvalue weighted by Crippen LogP contribution is 2.41. The molecule has 208 valence electrons. The van der Waals surface area contributed by atoms with Crippen molar-refractivity contribution in [2.24, 2.45) is 0 Å². The molecular weight excluding hydrogens is 546 g/mol. The van der Waals surface area contributed by atoms with E-state index in [2.05, 4.69) is 15.2 Å². The number of hydrogen-bond donors (Lipinski definition) is 0. The summed E-state index contributed by atoms with van der Waals surface area (Å²) in [4.78, 5) is 4.22. The fraction of sp³-hybridized carbons (Fsp3) is 0.276. The third kappa shape index (κ3) is 4.70. The topological polar surface area (TPSA) is 57.8 Å². The van der Waals surface area contributed by atoms with Crippen LogP contribution in [0.25, 0.3) is 28.3 Å². The zero-order valence-electron chi connectivity index (χ0n) is 22.4. The van der Waals surface area contributed by atoms with Crippen LogP contribution in [0.1, 0.15) is 48.7 Å². The standard InChI is InChI=1S/C29H26ClF4N5O/c1-6-23(18-9-21(31)15(2)22(32)10-18)38-13-19(29(4,33)34)12-20-26(36-37-28(20)38)17-7-8-24(25(11-17)40-5)39-14-35-16(3)27(39)30/h7-14,23H,6H2,1-5H3. The van der Waals surface area contributed by atoms with E-state index in [-0.39, 0.29) is 11.1 Å². The number of hydrogen-bond acceptors (Lipinski definition) is 4. The number of ether oxygens (including phenoxy) is 1. The van der Waals surface area contributed by atoms with Crippen molar-refractivity contribution in [1.29, 1.82) is 0 Å². The second kappa shape index (κ2) is 10.2. The van der Waals surface area contributed by atoms with Crippen LogP contribution in [-0.2, 0) is 5.92 Å². The van der Waals surface area contributed by atoms with Gasteiger partial charge in [0.05, 0.1) is 24.5 Å². The maximum absolute atomic E-state index is 14.7. The maximum atomic E-state index is 14.7. The van der Waals surface area contributed by atoms with E-state index in [1.165, 1.54) is 43.0 Å². The van der Waals surface area contributed by atoms with Gasteiger partial charge < -0.3 is 9.30 Å². The molecule has 1 atom stereocenters. The highest BCUT2D eigenvalue weighted by molar-refractivity contribution is 6.30. The van der Waals surface area contributed by atoms with Crippen molar-refractivity contribution in [1.82, 2.24) is 24.3 Å². The Hall–Kier alpha value is -3.92. The van der Waals surface area contributed by atoms with E-state index in [0.717, 1.165) is 6.92 Å². The summed E-state index contributed by atoms with van der Waals surface area (Å²) in [6, 6.07) is 8.37. The van der Waals surface area contributed by atoms with Gasteiger partial charge in [-0.25, -0.2) is 22.5 Å². The predicted octanol–water partition coefficient (Wildman–Crippen LogP) is 7.90. The van der Waals surface area contributed by atoms with Gasteiger partial charge in [-0.1, -0.05) is 24.6 Å². The van der Waals surface area contributed by atoms with Crippen LogP contribution in [0.3, 0.4) is 0 Å². The molecular formula is C29H26ClF4N5O. The summed E-state index contributed by atoms with van der Waals surface area (Å²) in [6.45, 7) is 5.72.